The molecule has 0 radical (unpaired) electrons. The Morgan fingerprint density at radius 3 is 1.00 bits per heavy atom. The first-order valence-corrected chi connectivity index (χ1v) is 5.70. The first-order chi connectivity index (χ1) is 5.44. The molecule has 0 saturated heterocycles. The summed E-state index contributed by atoms with van der Waals surface area (Å²) in [5, 5.41) is 1.02. The molecular formula is C11H25OP. The predicted molar refractivity (Wildman–Crippen MR) is 64.2 cm³/mol. The molecule has 0 aromatic carbocycles. The van der Waals surface area contributed by atoms with Gasteiger partial charge in [0.2, 0.25) is 0 Å². The molecule has 80 valence electrons. The van der Waals surface area contributed by atoms with Gasteiger partial charge in [-0.15, -0.1) is 8.58 Å². The third-order valence-electron chi connectivity index (χ3n) is 0.750. The van der Waals surface area contributed by atoms with Crippen LogP contribution >= 0.6 is 8.58 Å². The molecule has 0 saturated carbocycles. The first-order valence-electron chi connectivity index (χ1n) is 4.70. The largest absolute Gasteiger partial charge is 0.300 e. The number of ketones is 1. The van der Waals surface area contributed by atoms with E-state index in [1.807, 2.05) is 0 Å². The van der Waals surface area contributed by atoms with Gasteiger partial charge in [0.05, 0.1) is 0 Å². The Labute approximate surface area is 85.5 Å². The molecule has 0 aromatic rings. The topological polar surface area (TPSA) is 17.1 Å². The van der Waals surface area contributed by atoms with Gasteiger partial charge in [0.15, 0.2) is 0 Å². The number of hydrogen-bond donors (Lipinski definition) is 0. The van der Waals surface area contributed by atoms with Crippen LogP contribution in [0.1, 0.15) is 55.4 Å². The highest BCUT2D eigenvalue weighted by Gasteiger charge is 2.19. The van der Waals surface area contributed by atoms with Gasteiger partial charge in [0.1, 0.15) is 5.78 Å². The van der Waals surface area contributed by atoms with Crippen LogP contribution in [0.4, 0.5) is 0 Å². The van der Waals surface area contributed by atoms with Crippen molar-refractivity contribution in [3.05, 3.63) is 0 Å². The van der Waals surface area contributed by atoms with Crippen molar-refractivity contribution < 1.29 is 4.79 Å². The lowest BCUT2D eigenvalue weighted by atomic mass is 10.2. The number of rotatable bonds is 0. The van der Waals surface area contributed by atoms with E-state index in [4.69, 9.17) is 0 Å². The molecule has 0 unspecified atom stereocenters. The summed E-state index contributed by atoms with van der Waals surface area (Å²) >= 11 is 0. The highest BCUT2D eigenvalue weighted by molar-refractivity contribution is 7.41. The summed E-state index contributed by atoms with van der Waals surface area (Å²) in [6, 6.07) is 0. The van der Waals surface area contributed by atoms with Crippen molar-refractivity contribution in [1.29, 1.82) is 0 Å². The van der Waals surface area contributed by atoms with Gasteiger partial charge in [-0.2, -0.15) is 0 Å². The predicted octanol–water partition coefficient (Wildman–Crippen LogP) is 3.86. The highest BCUT2D eigenvalue weighted by Crippen LogP contribution is 2.41. The van der Waals surface area contributed by atoms with E-state index in [2.05, 4.69) is 41.5 Å². The normalized spacial score (nSPS) is 11.7. The Kier molecular flexibility index (Phi) is 6.89. The Morgan fingerprint density at radius 2 is 1.00 bits per heavy atom. The lowest BCUT2D eigenvalue weighted by Crippen LogP contribution is -2.16. The van der Waals surface area contributed by atoms with Crippen molar-refractivity contribution in [1.82, 2.24) is 0 Å². The molecule has 2 heteroatoms. The van der Waals surface area contributed by atoms with E-state index >= 15 is 0 Å². The summed E-state index contributed by atoms with van der Waals surface area (Å²) in [5.41, 5.74) is 0. The van der Waals surface area contributed by atoms with Gasteiger partial charge < -0.3 is 4.79 Å². The van der Waals surface area contributed by atoms with E-state index in [9.17, 15) is 4.79 Å². The maximum atomic E-state index is 9.44. The van der Waals surface area contributed by atoms with Crippen LogP contribution in [-0.2, 0) is 4.79 Å². The van der Waals surface area contributed by atoms with Crippen LogP contribution in [0.2, 0.25) is 0 Å². The summed E-state index contributed by atoms with van der Waals surface area (Å²) in [5.74, 6) is 0.167. The molecule has 0 aliphatic heterocycles. The van der Waals surface area contributed by atoms with Crippen LogP contribution < -0.4 is 0 Å². The number of carbonyl (C=O) groups excluding carboxylic acids is 1. The van der Waals surface area contributed by atoms with Crippen molar-refractivity contribution in [2.45, 2.75) is 65.7 Å². The molecule has 1 nitrogen and oxygen atoms in total. The molecular weight excluding hydrogens is 179 g/mol. The smallest absolute Gasteiger partial charge is 0.126 e. The monoisotopic (exact) mass is 204 g/mol. The fourth-order valence-corrected chi connectivity index (χ4v) is 3.38. The Balaban J connectivity index is 0. The molecule has 0 bridgehead atoms. The molecule has 13 heavy (non-hydrogen) atoms. The minimum atomic E-state index is 0.167. The molecule has 0 fully saturated rings. The molecule has 0 aliphatic rings. The zero-order valence-corrected chi connectivity index (χ0v) is 11.4. The fraction of sp³-hybridized carbons (Fsp3) is 0.909. The summed E-state index contributed by atoms with van der Waals surface area (Å²) in [4.78, 5) is 9.44. The van der Waals surface area contributed by atoms with Crippen LogP contribution in [0.3, 0.4) is 0 Å². The number of carbonyl (C=O) groups is 1. The summed E-state index contributed by atoms with van der Waals surface area (Å²) in [6.07, 6.45) is 0. The van der Waals surface area contributed by atoms with Crippen molar-refractivity contribution >= 4 is 14.4 Å². The van der Waals surface area contributed by atoms with Crippen LogP contribution in [0.15, 0.2) is 0 Å². The van der Waals surface area contributed by atoms with Gasteiger partial charge in [0, 0.05) is 0 Å². The molecule has 0 amide bonds. The maximum Gasteiger partial charge on any atom is 0.126 e. The average molecular weight is 204 g/mol. The van der Waals surface area contributed by atoms with Gasteiger partial charge in [-0.25, -0.2) is 0 Å². The molecule has 0 aromatic heterocycles. The Bertz CT molecular complexity index is 132. The quantitative estimate of drug-likeness (QED) is 0.548. The summed E-state index contributed by atoms with van der Waals surface area (Å²) < 4.78 is 0. The molecule has 0 N–H and O–H groups in total. The van der Waals surface area contributed by atoms with Crippen molar-refractivity contribution in [3.8, 4) is 0 Å². The third-order valence-corrected chi connectivity index (χ3v) is 2.25. The van der Waals surface area contributed by atoms with Crippen molar-refractivity contribution in [3.63, 3.8) is 0 Å². The van der Waals surface area contributed by atoms with Gasteiger partial charge in [-0.3, -0.25) is 0 Å². The lowest BCUT2D eigenvalue weighted by Gasteiger charge is -2.28. The van der Waals surface area contributed by atoms with E-state index in [-0.39, 0.29) is 5.78 Å². The average Bonchev–Trinajstić information content (AvgIpc) is 1.47. The van der Waals surface area contributed by atoms with E-state index in [0.29, 0.717) is 10.3 Å². The van der Waals surface area contributed by atoms with Crippen LogP contribution in [0.25, 0.3) is 0 Å². The second-order valence-electron chi connectivity index (χ2n) is 5.53. The second kappa shape index (κ2) is 5.75. The lowest BCUT2D eigenvalue weighted by molar-refractivity contribution is -0.114. The molecule has 0 atom stereocenters. The van der Waals surface area contributed by atoms with Gasteiger partial charge in [0.25, 0.3) is 0 Å². The Hall–Kier alpha value is 0.100. The van der Waals surface area contributed by atoms with E-state index in [0.717, 1.165) is 8.58 Å². The zero-order valence-electron chi connectivity index (χ0n) is 10.4. The minimum absolute atomic E-state index is 0.167. The minimum Gasteiger partial charge on any atom is -0.300 e. The van der Waals surface area contributed by atoms with Crippen LogP contribution in [-0.4, -0.2) is 16.1 Å². The second-order valence-corrected chi connectivity index (χ2v) is 8.78. The highest BCUT2D eigenvalue weighted by atomic mass is 31.1. The van der Waals surface area contributed by atoms with Crippen LogP contribution in [0, 0.1) is 0 Å². The van der Waals surface area contributed by atoms with E-state index < -0.39 is 0 Å². The van der Waals surface area contributed by atoms with Gasteiger partial charge >= 0.3 is 0 Å². The zero-order chi connectivity index (χ0) is 11.3. The van der Waals surface area contributed by atoms with Gasteiger partial charge in [-0.05, 0) is 24.2 Å². The molecule has 0 aliphatic carbocycles. The van der Waals surface area contributed by atoms with Crippen molar-refractivity contribution in [2.24, 2.45) is 0 Å². The Morgan fingerprint density at radius 1 is 0.846 bits per heavy atom. The van der Waals surface area contributed by atoms with Crippen LogP contribution in [0.5, 0.6) is 0 Å². The first kappa shape index (κ1) is 15.6. The maximum absolute atomic E-state index is 9.44. The summed E-state index contributed by atoms with van der Waals surface area (Å²) in [7, 11) is 1.05. The number of Topliss-reactive ketones (excluding diaryl/α,β-unsaturated/α-hetero) is 1. The molecule has 0 rings (SSSR count). The number of hydrogen-bond acceptors (Lipinski definition) is 1. The van der Waals surface area contributed by atoms with Crippen molar-refractivity contribution in [2.75, 3.05) is 0 Å². The third kappa shape index (κ3) is 33.2. The summed E-state index contributed by atoms with van der Waals surface area (Å²) in [6.45, 7) is 16.9. The van der Waals surface area contributed by atoms with Gasteiger partial charge in [-0.1, -0.05) is 41.5 Å². The van der Waals surface area contributed by atoms with E-state index in [1.54, 1.807) is 0 Å². The van der Waals surface area contributed by atoms with E-state index in [1.165, 1.54) is 13.8 Å². The standard InChI is InChI=1S/C8H19P.C3H6O/c1-7(2,3)9-8(4,5)6;1-3(2)4/h9H,1-6H3;1-2H3. The molecule has 0 heterocycles. The SMILES string of the molecule is CC(C)(C)PC(C)(C)C.CC(C)=O. The molecule has 0 spiro atoms. The fourth-order valence-electron chi connectivity index (χ4n) is 1.12.